The minimum Gasteiger partial charge on any atom is -0.363 e. The van der Waals surface area contributed by atoms with Gasteiger partial charge in [-0.2, -0.15) is 0 Å². The van der Waals surface area contributed by atoms with Gasteiger partial charge in [0, 0.05) is 22.8 Å². The van der Waals surface area contributed by atoms with Gasteiger partial charge in [0.1, 0.15) is 5.57 Å². The van der Waals surface area contributed by atoms with Gasteiger partial charge >= 0.3 is 0 Å². The van der Waals surface area contributed by atoms with Crippen LogP contribution in [0.2, 0.25) is 5.02 Å². The zero-order valence-electron chi connectivity index (χ0n) is 20.0. The van der Waals surface area contributed by atoms with Gasteiger partial charge in [-0.1, -0.05) is 36.7 Å². The third kappa shape index (κ3) is 4.17. The monoisotopic (exact) mass is 493 g/mol. The quantitative estimate of drug-likeness (QED) is 0.334. The SMILES string of the molecule is CCc1ccc(N2C(=O)/C(=C\c3cc4c(cc3Cl)N(CC)C(C)(C)C=C4C)C(=O)NC2=S)cc1. The van der Waals surface area contributed by atoms with Gasteiger partial charge in [0.05, 0.1) is 11.2 Å². The molecule has 34 heavy (non-hydrogen) atoms. The Morgan fingerprint density at radius 3 is 2.41 bits per heavy atom. The molecule has 2 amide bonds. The minimum atomic E-state index is -0.534. The molecule has 7 heteroatoms. The van der Waals surface area contributed by atoms with E-state index in [0.29, 0.717) is 16.3 Å². The van der Waals surface area contributed by atoms with E-state index in [9.17, 15) is 9.59 Å². The van der Waals surface area contributed by atoms with Gasteiger partial charge in [0.25, 0.3) is 11.8 Å². The van der Waals surface area contributed by atoms with Crippen molar-refractivity contribution in [2.45, 2.75) is 46.6 Å². The summed E-state index contributed by atoms with van der Waals surface area (Å²) < 4.78 is 0. The fourth-order valence-electron chi connectivity index (χ4n) is 4.73. The fraction of sp³-hybridized carbons (Fsp3) is 0.296. The first-order chi connectivity index (χ1) is 16.1. The van der Waals surface area contributed by atoms with Crippen LogP contribution in [0, 0.1) is 0 Å². The van der Waals surface area contributed by atoms with Gasteiger partial charge in [-0.3, -0.25) is 19.8 Å². The molecule has 2 aromatic carbocycles. The van der Waals surface area contributed by atoms with Crippen molar-refractivity contribution >= 4 is 63.8 Å². The topological polar surface area (TPSA) is 52.7 Å². The van der Waals surface area contributed by atoms with E-state index >= 15 is 0 Å². The third-order valence-corrected chi connectivity index (χ3v) is 7.03. The van der Waals surface area contributed by atoms with Gasteiger partial charge in [0.15, 0.2) is 5.11 Å². The summed E-state index contributed by atoms with van der Waals surface area (Å²) in [6, 6.07) is 11.4. The zero-order valence-corrected chi connectivity index (χ0v) is 21.6. The lowest BCUT2D eigenvalue weighted by atomic mass is 9.87. The van der Waals surface area contributed by atoms with E-state index in [1.54, 1.807) is 6.08 Å². The molecular formula is C27H28ClN3O2S. The number of likely N-dealkylation sites (N-methyl/N-ethyl adjacent to an activating group) is 1. The Labute approximate surface area is 211 Å². The molecule has 2 aliphatic heterocycles. The highest BCUT2D eigenvalue weighted by Gasteiger charge is 2.35. The van der Waals surface area contributed by atoms with Crippen LogP contribution >= 0.6 is 23.8 Å². The van der Waals surface area contributed by atoms with E-state index in [2.05, 4.69) is 50.9 Å². The average molecular weight is 494 g/mol. The van der Waals surface area contributed by atoms with Crippen LogP contribution in [0.4, 0.5) is 11.4 Å². The summed E-state index contributed by atoms with van der Waals surface area (Å²) in [4.78, 5) is 29.8. The maximum atomic E-state index is 13.4. The first-order valence-electron chi connectivity index (χ1n) is 11.4. The van der Waals surface area contributed by atoms with Crippen LogP contribution in [-0.4, -0.2) is 29.0 Å². The lowest BCUT2D eigenvalue weighted by molar-refractivity contribution is -0.122. The molecule has 1 saturated heterocycles. The molecule has 1 N–H and O–H groups in total. The summed E-state index contributed by atoms with van der Waals surface area (Å²) in [6.07, 6.45) is 4.67. The normalized spacial score (nSPS) is 18.7. The molecule has 2 heterocycles. The molecule has 0 aliphatic carbocycles. The molecule has 176 valence electrons. The Bertz CT molecular complexity index is 1260. The van der Waals surface area contributed by atoms with Crippen LogP contribution in [-0.2, 0) is 16.0 Å². The van der Waals surface area contributed by atoms with Crippen molar-refractivity contribution in [1.29, 1.82) is 0 Å². The lowest BCUT2D eigenvalue weighted by Gasteiger charge is -2.43. The standard InChI is InChI=1S/C27H28ClN3O2S/c1-6-17-8-10-19(11-9-17)31-25(33)21(24(32)29-26(31)34)13-18-12-20-16(3)15-27(4,5)30(7-2)23(20)14-22(18)28/h8-15H,6-7H2,1-5H3,(H,29,32,34)/b21-13-. The van der Waals surface area contributed by atoms with E-state index in [1.165, 1.54) is 4.90 Å². The van der Waals surface area contributed by atoms with E-state index < -0.39 is 11.8 Å². The van der Waals surface area contributed by atoms with Crippen LogP contribution in [0.25, 0.3) is 11.6 Å². The molecule has 2 aromatic rings. The predicted octanol–water partition coefficient (Wildman–Crippen LogP) is 5.76. The second-order valence-corrected chi connectivity index (χ2v) is 9.89. The Kier molecular flexibility index (Phi) is 6.40. The van der Waals surface area contributed by atoms with Crippen LogP contribution in [0.15, 0.2) is 48.0 Å². The summed E-state index contributed by atoms with van der Waals surface area (Å²) in [5.74, 6) is -1.01. The molecule has 5 nitrogen and oxygen atoms in total. The van der Waals surface area contributed by atoms with Gasteiger partial charge < -0.3 is 4.90 Å². The number of nitrogens with one attached hydrogen (secondary N) is 1. The molecule has 0 radical (unpaired) electrons. The Morgan fingerprint density at radius 2 is 1.79 bits per heavy atom. The van der Waals surface area contributed by atoms with E-state index in [0.717, 1.165) is 35.4 Å². The number of hydrogen-bond donors (Lipinski definition) is 1. The number of anilines is 2. The summed E-state index contributed by atoms with van der Waals surface area (Å²) in [5, 5.41) is 3.18. The number of aryl methyl sites for hydroxylation is 1. The molecule has 4 rings (SSSR count). The molecule has 0 atom stereocenters. The molecule has 0 bridgehead atoms. The van der Waals surface area contributed by atoms with Crippen LogP contribution in [0.3, 0.4) is 0 Å². The van der Waals surface area contributed by atoms with Crippen molar-refractivity contribution in [2.24, 2.45) is 0 Å². The third-order valence-electron chi connectivity index (χ3n) is 6.42. The smallest absolute Gasteiger partial charge is 0.270 e. The number of thiocarbonyl (C=S) groups is 1. The van der Waals surface area contributed by atoms with Crippen molar-refractivity contribution < 1.29 is 9.59 Å². The lowest BCUT2D eigenvalue weighted by Crippen LogP contribution is -2.54. The van der Waals surface area contributed by atoms with E-state index in [4.69, 9.17) is 23.8 Å². The fourth-order valence-corrected chi connectivity index (χ4v) is 5.22. The highest BCUT2D eigenvalue weighted by atomic mass is 35.5. The van der Waals surface area contributed by atoms with Gasteiger partial charge in [-0.15, -0.1) is 0 Å². The van der Waals surface area contributed by atoms with E-state index in [1.807, 2.05) is 36.4 Å². The highest BCUT2D eigenvalue weighted by molar-refractivity contribution is 7.80. The molecule has 0 saturated carbocycles. The molecule has 1 fully saturated rings. The number of nitrogens with zero attached hydrogens (tertiary/aromatic N) is 2. The number of benzene rings is 2. The maximum absolute atomic E-state index is 13.4. The van der Waals surface area contributed by atoms with E-state index in [-0.39, 0.29) is 16.2 Å². The maximum Gasteiger partial charge on any atom is 0.270 e. The second-order valence-electron chi connectivity index (χ2n) is 9.09. The Morgan fingerprint density at radius 1 is 1.12 bits per heavy atom. The molecule has 2 aliphatic rings. The summed E-state index contributed by atoms with van der Waals surface area (Å²) in [5.41, 5.74) is 5.40. The Hall–Kier alpha value is -2.96. The van der Waals surface area contributed by atoms with Crippen LogP contribution in [0.5, 0.6) is 0 Å². The molecule has 0 aromatic heterocycles. The van der Waals surface area contributed by atoms with Crippen molar-refractivity contribution in [2.75, 3.05) is 16.3 Å². The van der Waals surface area contributed by atoms with Crippen LogP contribution in [0.1, 0.15) is 51.3 Å². The van der Waals surface area contributed by atoms with Crippen molar-refractivity contribution in [3.05, 3.63) is 69.8 Å². The summed E-state index contributed by atoms with van der Waals surface area (Å²) in [7, 11) is 0. The highest BCUT2D eigenvalue weighted by Crippen LogP contribution is 2.41. The van der Waals surface area contributed by atoms with Crippen molar-refractivity contribution in [3.8, 4) is 0 Å². The zero-order chi connectivity index (χ0) is 24.8. The first kappa shape index (κ1) is 24.2. The largest absolute Gasteiger partial charge is 0.363 e. The second kappa shape index (κ2) is 9.01. The number of halogens is 1. The number of fused-ring (bicyclic) bond motifs is 1. The van der Waals surface area contributed by atoms with Gasteiger partial charge in [0.2, 0.25) is 0 Å². The van der Waals surface area contributed by atoms with Crippen molar-refractivity contribution in [3.63, 3.8) is 0 Å². The number of rotatable bonds is 4. The van der Waals surface area contributed by atoms with Gasteiger partial charge in [-0.25, -0.2) is 0 Å². The predicted molar refractivity (Wildman–Crippen MR) is 144 cm³/mol. The number of carbonyl (C=O) groups is 2. The molecule has 0 unspecified atom stereocenters. The Balaban J connectivity index is 1.77. The first-order valence-corrected chi connectivity index (χ1v) is 12.2. The minimum absolute atomic E-state index is 0.0138. The average Bonchev–Trinajstić information content (AvgIpc) is 2.77. The van der Waals surface area contributed by atoms with Crippen molar-refractivity contribution in [1.82, 2.24) is 5.32 Å². The number of hydrogen-bond acceptors (Lipinski definition) is 4. The van der Waals surface area contributed by atoms with Crippen LogP contribution < -0.4 is 15.1 Å². The van der Waals surface area contributed by atoms with Gasteiger partial charge in [-0.05, 0) is 93.4 Å². The number of amides is 2. The number of carbonyl (C=O) groups excluding carboxylic acids is 2. The summed E-state index contributed by atoms with van der Waals surface area (Å²) in [6.45, 7) is 11.4. The number of allylic oxidation sites excluding steroid dienone is 1. The molecule has 0 spiro atoms. The summed E-state index contributed by atoms with van der Waals surface area (Å²) >= 11 is 12.0. The molecular weight excluding hydrogens is 466 g/mol.